The highest BCUT2D eigenvalue weighted by Crippen LogP contribution is 2.59. The zero-order chi connectivity index (χ0) is 16.3. The first-order chi connectivity index (χ1) is 10.2. The van der Waals surface area contributed by atoms with Gasteiger partial charge in [-0.05, 0) is 77.0 Å². The first-order valence-corrected chi connectivity index (χ1v) is 9.04. The number of rotatable bonds is 1. The molecule has 2 aliphatic carbocycles. The summed E-state index contributed by atoms with van der Waals surface area (Å²) in [6.07, 6.45) is 5.02. The minimum Gasteiger partial charge on any atom is -0.508 e. The number of phenols is 1. The average molecular weight is 300 g/mol. The minimum absolute atomic E-state index is 0.233. The van der Waals surface area contributed by atoms with Gasteiger partial charge in [0.2, 0.25) is 0 Å². The summed E-state index contributed by atoms with van der Waals surface area (Å²) in [7, 11) is 0. The number of benzene rings is 1. The van der Waals surface area contributed by atoms with Gasteiger partial charge in [0.15, 0.2) is 0 Å². The van der Waals surface area contributed by atoms with Crippen molar-refractivity contribution >= 4 is 0 Å². The van der Waals surface area contributed by atoms with E-state index in [1.165, 1.54) is 36.8 Å². The highest BCUT2D eigenvalue weighted by Gasteiger charge is 2.52. The zero-order valence-electron chi connectivity index (χ0n) is 15.2. The Morgan fingerprint density at radius 3 is 2.45 bits per heavy atom. The second kappa shape index (κ2) is 5.01. The van der Waals surface area contributed by atoms with Gasteiger partial charge in [-0.15, -0.1) is 0 Å². The molecule has 0 saturated heterocycles. The van der Waals surface area contributed by atoms with Gasteiger partial charge >= 0.3 is 0 Å². The molecule has 0 aliphatic heterocycles. The van der Waals surface area contributed by atoms with Crippen LogP contribution in [0.25, 0.3) is 0 Å². The van der Waals surface area contributed by atoms with Crippen molar-refractivity contribution in [2.75, 3.05) is 0 Å². The lowest BCUT2D eigenvalue weighted by Gasteiger charge is -2.57. The molecule has 0 amide bonds. The van der Waals surface area contributed by atoms with Crippen molar-refractivity contribution in [1.82, 2.24) is 0 Å². The van der Waals surface area contributed by atoms with E-state index in [0.29, 0.717) is 17.1 Å². The molecule has 1 aromatic rings. The Kier molecular flexibility index (Phi) is 3.62. The number of aromatic hydroxyl groups is 1. The zero-order valence-corrected chi connectivity index (χ0v) is 15.2. The standard InChI is InChI=1S/C21H32O/c1-13(2)16-11-15-7-8-19-20(4,5)14(3)9-10-21(19,6)17(15)12-18(16)22/h11-14,19,22H,7-10H2,1-6H3/t14-,19-,21+/m0/s1. The van der Waals surface area contributed by atoms with Crippen molar-refractivity contribution in [2.24, 2.45) is 17.3 Å². The van der Waals surface area contributed by atoms with Crippen molar-refractivity contribution in [3.8, 4) is 5.75 Å². The molecule has 0 radical (unpaired) electrons. The number of hydrogen-bond donors (Lipinski definition) is 1. The molecule has 2 aliphatic rings. The summed E-state index contributed by atoms with van der Waals surface area (Å²) in [6, 6.07) is 4.41. The van der Waals surface area contributed by atoms with Gasteiger partial charge in [-0.25, -0.2) is 0 Å². The van der Waals surface area contributed by atoms with Crippen LogP contribution >= 0.6 is 0 Å². The highest BCUT2D eigenvalue weighted by molar-refractivity contribution is 5.48. The topological polar surface area (TPSA) is 20.2 Å². The Labute approximate surface area is 136 Å². The van der Waals surface area contributed by atoms with Gasteiger partial charge in [0.25, 0.3) is 0 Å². The van der Waals surface area contributed by atoms with Crippen LogP contribution in [-0.4, -0.2) is 5.11 Å². The molecule has 0 unspecified atom stereocenters. The second-order valence-electron chi connectivity index (χ2n) is 8.99. The van der Waals surface area contributed by atoms with Crippen LogP contribution in [0.2, 0.25) is 0 Å². The van der Waals surface area contributed by atoms with E-state index in [-0.39, 0.29) is 5.41 Å². The van der Waals surface area contributed by atoms with Crippen molar-refractivity contribution in [3.63, 3.8) is 0 Å². The van der Waals surface area contributed by atoms with Crippen LogP contribution in [-0.2, 0) is 11.8 Å². The maximum atomic E-state index is 10.5. The smallest absolute Gasteiger partial charge is 0.119 e. The van der Waals surface area contributed by atoms with Gasteiger partial charge in [0.1, 0.15) is 5.75 Å². The fourth-order valence-electron chi connectivity index (χ4n) is 5.39. The molecule has 1 aromatic carbocycles. The molecule has 0 bridgehead atoms. The summed E-state index contributed by atoms with van der Waals surface area (Å²) in [4.78, 5) is 0. The van der Waals surface area contributed by atoms with E-state index in [0.717, 1.165) is 17.4 Å². The monoisotopic (exact) mass is 300 g/mol. The van der Waals surface area contributed by atoms with Crippen LogP contribution in [0.4, 0.5) is 0 Å². The highest BCUT2D eigenvalue weighted by atomic mass is 16.3. The summed E-state index contributed by atoms with van der Waals surface area (Å²) < 4.78 is 0. The molecule has 3 rings (SSSR count). The van der Waals surface area contributed by atoms with E-state index >= 15 is 0 Å². The van der Waals surface area contributed by atoms with Crippen LogP contribution in [0.3, 0.4) is 0 Å². The molecule has 0 spiro atoms. The number of fused-ring (bicyclic) bond motifs is 3. The van der Waals surface area contributed by atoms with E-state index in [9.17, 15) is 5.11 Å². The van der Waals surface area contributed by atoms with Crippen molar-refractivity contribution < 1.29 is 5.11 Å². The van der Waals surface area contributed by atoms with Gasteiger partial charge in [0.05, 0.1) is 0 Å². The van der Waals surface area contributed by atoms with E-state index in [2.05, 4.69) is 53.7 Å². The van der Waals surface area contributed by atoms with Crippen LogP contribution < -0.4 is 0 Å². The molecule has 1 nitrogen and oxygen atoms in total. The molecule has 3 atom stereocenters. The fraction of sp³-hybridized carbons (Fsp3) is 0.714. The third-order valence-corrected chi connectivity index (χ3v) is 7.23. The maximum Gasteiger partial charge on any atom is 0.119 e. The Morgan fingerprint density at radius 1 is 1.14 bits per heavy atom. The average Bonchev–Trinajstić information content (AvgIpc) is 2.43. The third kappa shape index (κ3) is 2.12. The number of aryl methyl sites for hydroxylation is 1. The summed E-state index contributed by atoms with van der Waals surface area (Å²) in [6.45, 7) is 14.1. The summed E-state index contributed by atoms with van der Waals surface area (Å²) in [5.41, 5.74) is 4.66. The van der Waals surface area contributed by atoms with Crippen LogP contribution in [0.1, 0.15) is 83.4 Å². The van der Waals surface area contributed by atoms with Gasteiger partial charge in [-0.1, -0.05) is 47.6 Å². The first-order valence-electron chi connectivity index (χ1n) is 9.04. The molecule has 1 N–H and O–H groups in total. The quantitative estimate of drug-likeness (QED) is 0.695. The molecule has 1 heteroatoms. The van der Waals surface area contributed by atoms with Crippen LogP contribution in [0.5, 0.6) is 5.75 Å². The second-order valence-corrected chi connectivity index (χ2v) is 8.99. The van der Waals surface area contributed by atoms with Crippen molar-refractivity contribution in [3.05, 3.63) is 28.8 Å². The number of phenolic OH excluding ortho intramolecular Hbond substituents is 1. The third-order valence-electron chi connectivity index (χ3n) is 7.23. The maximum absolute atomic E-state index is 10.5. The van der Waals surface area contributed by atoms with Crippen LogP contribution in [0.15, 0.2) is 12.1 Å². The molecule has 122 valence electrons. The van der Waals surface area contributed by atoms with E-state index in [4.69, 9.17) is 0 Å². The molecule has 1 saturated carbocycles. The van der Waals surface area contributed by atoms with Gasteiger partial charge < -0.3 is 5.11 Å². The van der Waals surface area contributed by atoms with Crippen molar-refractivity contribution in [1.29, 1.82) is 0 Å². The SMILES string of the molecule is CC(C)c1cc2c(cc1O)[C@@]1(C)CC[C@H](C)C(C)(C)[C@@H]1CC2. The minimum atomic E-state index is 0.233. The largest absolute Gasteiger partial charge is 0.508 e. The summed E-state index contributed by atoms with van der Waals surface area (Å²) >= 11 is 0. The Balaban J connectivity index is 2.12. The van der Waals surface area contributed by atoms with Gasteiger partial charge in [0, 0.05) is 0 Å². The molecular formula is C21H32O. The van der Waals surface area contributed by atoms with E-state index < -0.39 is 0 Å². The number of hydrogen-bond acceptors (Lipinski definition) is 1. The van der Waals surface area contributed by atoms with E-state index in [1.54, 1.807) is 0 Å². The Morgan fingerprint density at radius 2 is 1.82 bits per heavy atom. The van der Waals surface area contributed by atoms with Gasteiger partial charge in [-0.2, -0.15) is 0 Å². The molecule has 1 fully saturated rings. The lowest BCUT2D eigenvalue weighted by molar-refractivity contribution is -0.00607. The van der Waals surface area contributed by atoms with Crippen molar-refractivity contribution in [2.45, 2.75) is 78.6 Å². The predicted octanol–water partition coefficient (Wildman–Crippen LogP) is 5.79. The lowest BCUT2D eigenvalue weighted by atomic mass is 9.47. The molecule has 22 heavy (non-hydrogen) atoms. The summed E-state index contributed by atoms with van der Waals surface area (Å²) in [5, 5.41) is 10.5. The van der Waals surface area contributed by atoms with Crippen LogP contribution in [0, 0.1) is 17.3 Å². The summed E-state index contributed by atoms with van der Waals surface area (Å²) in [5.74, 6) is 2.40. The fourth-order valence-corrected chi connectivity index (χ4v) is 5.39. The molecular weight excluding hydrogens is 268 g/mol. The van der Waals surface area contributed by atoms with Gasteiger partial charge in [-0.3, -0.25) is 0 Å². The van der Waals surface area contributed by atoms with E-state index in [1.807, 2.05) is 0 Å². The normalized spacial score (nSPS) is 33.4. The molecule has 0 heterocycles. The first kappa shape index (κ1) is 15.9. The molecule has 0 aromatic heterocycles. The lowest BCUT2D eigenvalue weighted by Crippen LogP contribution is -2.51. The predicted molar refractivity (Wildman–Crippen MR) is 93.5 cm³/mol. The Hall–Kier alpha value is -0.980. The Bertz CT molecular complexity index is 584.